The predicted octanol–water partition coefficient (Wildman–Crippen LogP) is 6.30. The Morgan fingerprint density at radius 1 is 1.07 bits per heavy atom. The van der Waals surface area contributed by atoms with Crippen LogP contribution < -0.4 is 10.2 Å². The van der Waals surface area contributed by atoms with Crippen LogP contribution in [0.4, 0.5) is 24.5 Å². The molecular weight excluding hydrogens is 621 g/mol. The van der Waals surface area contributed by atoms with E-state index in [1.807, 2.05) is 50.2 Å². The molecule has 1 amide bonds. The number of nitrogens with zero attached hydrogens (tertiary/aromatic N) is 4. The molecule has 4 aromatic rings. The number of benzene rings is 2. The highest BCUT2D eigenvalue weighted by molar-refractivity contribution is 6.36. The Kier molecular flexibility index (Phi) is 11.1. The molecule has 0 atom stereocenters. The molecule has 13 heteroatoms. The monoisotopic (exact) mass is 656 g/mol. The van der Waals surface area contributed by atoms with E-state index in [0.29, 0.717) is 11.6 Å². The van der Waals surface area contributed by atoms with Gasteiger partial charge in [-0.25, -0.2) is 9.78 Å². The molecule has 3 N–H and O–H groups in total. The number of hydrogen-bond acceptors (Lipinski definition) is 6. The molecule has 0 radical (unpaired) electrons. The zero-order valence-corrected chi connectivity index (χ0v) is 26.7. The lowest BCUT2D eigenvalue weighted by molar-refractivity contribution is -0.192. The van der Waals surface area contributed by atoms with Crippen LogP contribution in [0.2, 0.25) is 5.02 Å². The molecule has 1 aliphatic heterocycles. The predicted molar refractivity (Wildman–Crippen MR) is 176 cm³/mol. The van der Waals surface area contributed by atoms with Crippen molar-refractivity contribution >= 4 is 45.9 Å². The number of nitrogens with one attached hydrogen (secondary N) is 2. The van der Waals surface area contributed by atoms with Gasteiger partial charge >= 0.3 is 12.1 Å². The molecule has 3 heterocycles. The average Bonchev–Trinajstić information content (AvgIpc) is 3.39. The van der Waals surface area contributed by atoms with Crippen molar-refractivity contribution in [3.8, 4) is 22.4 Å². The topological polar surface area (TPSA) is 105 Å². The summed E-state index contributed by atoms with van der Waals surface area (Å²) < 4.78 is 31.7. The Morgan fingerprint density at radius 3 is 2.30 bits per heavy atom. The van der Waals surface area contributed by atoms with Gasteiger partial charge < -0.3 is 30.1 Å². The number of fused-ring (bicyclic) bond motifs is 1. The minimum atomic E-state index is -5.08. The summed E-state index contributed by atoms with van der Waals surface area (Å²) in [6, 6.07) is 16.6. The summed E-state index contributed by atoms with van der Waals surface area (Å²) in [4.78, 5) is 36.4. The van der Waals surface area contributed by atoms with E-state index in [1.165, 1.54) is 5.69 Å². The first-order valence-corrected chi connectivity index (χ1v) is 14.9. The zero-order chi connectivity index (χ0) is 33.6. The minimum absolute atomic E-state index is 0.157. The number of carboxylic acids is 1. The Morgan fingerprint density at radius 2 is 1.70 bits per heavy atom. The molecule has 46 heavy (non-hydrogen) atoms. The number of likely N-dealkylation sites (N-methyl/N-ethyl adjacent to an activating group) is 2. The summed E-state index contributed by atoms with van der Waals surface area (Å²) in [5.41, 5.74) is 7.61. The molecule has 0 bridgehead atoms. The van der Waals surface area contributed by atoms with E-state index in [9.17, 15) is 18.0 Å². The van der Waals surface area contributed by atoms with Crippen LogP contribution >= 0.6 is 11.6 Å². The van der Waals surface area contributed by atoms with Gasteiger partial charge in [0.2, 0.25) is 5.91 Å². The van der Waals surface area contributed by atoms with E-state index in [-0.39, 0.29) is 5.91 Å². The van der Waals surface area contributed by atoms with Crippen LogP contribution in [-0.2, 0) is 9.59 Å². The molecule has 2 aromatic carbocycles. The van der Waals surface area contributed by atoms with Crippen LogP contribution in [0.5, 0.6) is 0 Å². The maximum absolute atomic E-state index is 12.6. The fourth-order valence-corrected chi connectivity index (χ4v) is 5.18. The number of pyridine rings is 1. The number of anilines is 2. The van der Waals surface area contributed by atoms with Crippen molar-refractivity contribution in [3.05, 3.63) is 77.5 Å². The normalized spacial score (nSPS) is 14.1. The second-order valence-corrected chi connectivity index (χ2v) is 11.6. The number of carbonyl (C=O) groups is 2. The SMILES string of the molecule is Cc1ccc(-c2c(-c3ccc(N4CCN(C)CC4)cc3)[nH]c3nccc(Cl)c23)cc1NC(=O)/C=C/CN(C)C.O=C(O)C(F)(F)F. The summed E-state index contributed by atoms with van der Waals surface area (Å²) >= 11 is 6.74. The van der Waals surface area contributed by atoms with Gasteiger partial charge in [-0.3, -0.25) is 4.79 Å². The Balaban J connectivity index is 0.000000617. The standard InChI is InChI=1S/C31H35ClN6O.C2HF3O2/c1-21-7-8-23(20-26(21)34-27(39)6-5-15-36(2)3)28-29-25(32)13-14-33-31(29)35-30(28)22-9-11-24(12-10-22)38-18-16-37(4)17-19-38;3-2(4,5)1(6)7/h5-14,20H,15-19H2,1-4H3,(H,33,35)(H,34,39);(H,6,7)/b6-5+;. The van der Waals surface area contributed by atoms with Gasteiger partial charge in [-0.1, -0.05) is 41.9 Å². The number of piperazine rings is 1. The van der Waals surface area contributed by atoms with Gasteiger partial charge in [0, 0.05) is 67.3 Å². The lowest BCUT2D eigenvalue weighted by atomic mass is 9.97. The number of alkyl halides is 3. The first kappa shape index (κ1) is 34.5. The van der Waals surface area contributed by atoms with Crippen LogP contribution in [0.15, 0.2) is 66.9 Å². The molecular formula is C33H36ClF3N6O3. The summed E-state index contributed by atoms with van der Waals surface area (Å²) in [5.74, 6) is -2.91. The highest BCUT2D eigenvalue weighted by Gasteiger charge is 2.38. The lowest BCUT2D eigenvalue weighted by Crippen LogP contribution is -2.44. The maximum Gasteiger partial charge on any atom is 0.490 e. The maximum atomic E-state index is 12.6. The molecule has 244 valence electrons. The van der Waals surface area contributed by atoms with Crippen LogP contribution in [0.3, 0.4) is 0 Å². The van der Waals surface area contributed by atoms with E-state index in [0.717, 1.165) is 70.8 Å². The van der Waals surface area contributed by atoms with E-state index in [2.05, 4.69) is 62.5 Å². The third kappa shape index (κ3) is 8.65. The lowest BCUT2D eigenvalue weighted by Gasteiger charge is -2.34. The van der Waals surface area contributed by atoms with Crippen molar-refractivity contribution in [2.45, 2.75) is 13.1 Å². The highest BCUT2D eigenvalue weighted by atomic mass is 35.5. The van der Waals surface area contributed by atoms with E-state index in [1.54, 1.807) is 12.3 Å². The third-order valence-electron chi connectivity index (χ3n) is 7.43. The number of aryl methyl sites for hydroxylation is 1. The van der Waals surface area contributed by atoms with Gasteiger partial charge in [-0.2, -0.15) is 13.2 Å². The molecule has 2 aromatic heterocycles. The van der Waals surface area contributed by atoms with Gasteiger partial charge in [0.05, 0.1) is 10.7 Å². The van der Waals surface area contributed by atoms with Crippen molar-refractivity contribution in [2.75, 3.05) is 64.1 Å². The van der Waals surface area contributed by atoms with E-state index in [4.69, 9.17) is 21.5 Å². The Hall–Kier alpha value is -4.39. The van der Waals surface area contributed by atoms with Crippen LogP contribution in [-0.4, -0.2) is 96.8 Å². The molecule has 0 aliphatic carbocycles. The van der Waals surface area contributed by atoms with E-state index < -0.39 is 12.1 Å². The minimum Gasteiger partial charge on any atom is -0.475 e. The number of carboxylic acid groups (broad SMARTS) is 1. The first-order chi connectivity index (χ1) is 21.7. The molecule has 1 saturated heterocycles. The van der Waals surface area contributed by atoms with Crippen LogP contribution in [0.25, 0.3) is 33.4 Å². The van der Waals surface area contributed by atoms with Crippen LogP contribution in [0.1, 0.15) is 5.56 Å². The molecule has 0 spiro atoms. The van der Waals surface area contributed by atoms with Crippen LogP contribution in [0, 0.1) is 6.92 Å². The third-order valence-corrected chi connectivity index (χ3v) is 7.75. The number of hydrogen-bond donors (Lipinski definition) is 3. The summed E-state index contributed by atoms with van der Waals surface area (Å²) in [6.07, 6.45) is 0.0571. The van der Waals surface area contributed by atoms with E-state index >= 15 is 0 Å². The number of rotatable bonds is 7. The summed E-state index contributed by atoms with van der Waals surface area (Å²) in [6.45, 7) is 6.87. The van der Waals surface area contributed by atoms with Crippen molar-refractivity contribution in [1.29, 1.82) is 0 Å². The second kappa shape index (κ2) is 14.8. The zero-order valence-electron chi connectivity index (χ0n) is 26.0. The molecule has 5 rings (SSSR count). The van der Waals surface area contributed by atoms with Crippen molar-refractivity contribution in [2.24, 2.45) is 0 Å². The Labute approximate surface area is 270 Å². The van der Waals surface area contributed by atoms with Gasteiger partial charge in [-0.15, -0.1) is 0 Å². The second-order valence-electron chi connectivity index (χ2n) is 11.2. The largest absolute Gasteiger partial charge is 0.490 e. The van der Waals surface area contributed by atoms with Gasteiger partial charge in [-0.05, 0) is 69.0 Å². The van der Waals surface area contributed by atoms with Crippen molar-refractivity contribution in [3.63, 3.8) is 0 Å². The summed E-state index contributed by atoms with van der Waals surface area (Å²) in [7, 11) is 6.10. The van der Waals surface area contributed by atoms with Crippen molar-refractivity contribution < 1.29 is 27.9 Å². The summed E-state index contributed by atoms with van der Waals surface area (Å²) in [5, 5.41) is 11.7. The highest BCUT2D eigenvalue weighted by Crippen LogP contribution is 2.42. The van der Waals surface area contributed by atoms with Crippen molar-refractivity contribution in [1.82, 2.24) is 19.8 Å². The quantitative estimate of drug-likeness (QED) is 0.201. The molecule has 9 nitrogen and oxygen atoms in total. The molecule has 1 fully saturated rings. The first-order valence-electron chi connectivity index (χ1n) is 14.5. The fourth-order valence-electron chi connectivity index (χ4n) is 4.94. The number of aliphatic carboxylic acids is 1. The fraction of sp³-hybridized carbons (Fsp3) is 0.303. The molecule has 0 unspecified atom stereocenters. The van der Waals surface area contributed by atoms with Gasteiger partial charge in [0.1, 0.15) is 5.65 Å². The number of aromatic nitrogens is 2. The van der Waals surface area contributed by atoms with Gasteiger partial charge in [0.15, 0.2) is 0 Å². The number of amides is 1. The number of aromatic amines is 1. The number of carbonyl (C=O) groups excluding carboxylic acids is 1. The number of H-pyrrole nitrogens is 1. The average molecular weight is 657 g/mol. The molecule has 0 saturated carbocycles. The van der Waals surface area contributed by atoms with Gasteiger partial charge in [0.25, 0.3) is 0 Å². The number of halogens is 4. The smallest absolute Gasteiger partial charge is 0.475 e. The molecule has 1 aliphatic rings. The Bertz CT molecular complexity index is 1710.